The molecule has 4 aromatic rings. The van der Waals surface area contributed by atoms with Crippen LogP contribution in [0.3, 0.4) is 0 Å². The maximum absolute atomic E-state index is 11.9. The number of carboxylic acid groups (broad SMARTS) is 1. The highest BCUT2D eigenvalue weighted by molar-refractivity contribution is 7.21. The molecule has 0 spiro atoms. The van der Waals surface area contributed by atoms with Crippen molar-refractivity contribution in [3.8, 4) is 21.7 Å². The summed E-state index contributed by atoms with van der Waals surface area (Å²) in [6, 6.07) is 20.7. The molecule has 0 unspecified atom stereocenters. The highest BCUT2D eigenvalue weighted by Crippen LogP contribution is 2.35. The van der Waals surface area contributed by atoms with Gasteiger partial charge in [-0.25, -0.2) is 9.78 Å². The maximum Gasteiger partial charge on any atom is 0.336 e. The van der Waals surface area contributed by atoms with Crippen LogP contribution in [0, 0.1) is 0 Å². The number of rotatable bonds is 5. The largest absolute Gasteiger partial charge is 0.478 e. The smallest absolute Gasteiger partial charge is 0.336 e. The van der Waals surface area contributed by atoms with E-state index in [9.17, 15) is 9.90 Å². The molecule has 37 heavy (non-hydrogen) atoms. The highest BCUT2D eigenvalue weighted by Gasteiger charge is 2.18. The minimum atomic E-state index is -0.886. The van der Waals surface area contributed by atoms with Crippen LogP contribution < -0.4 is 10.2 Å². The Hall–Kier alpha value is -3.52. The molecule has 2 aliphatic rings. The number of nitrogens with zero attached hydrogens (tertiary/aromatic N) is 3. The number of hydrogen-bond donors (Lipinski definition) is 2. The monoisotopic (exact) mass is 510 g/mol. The Labute approximate surface area is 220 Å². The van der Waals surface area contributed by atoms with Crippen molar-refractivity contribution in [1.29, 1.82) is 0 Å². The minimum Gasteiger partial charge on any atom is -0.478 e. The Balaban J connectivity index is 1.27. The number of benzene rings is 3. The molecule has 0 radical (unpaired) electrons. The van der Waals surface area contributed by atoms with Gasteiger partial charge in [0.25, 0.3) is 0 Å². The molecule has 2 N–H and O–H groups in total. The Morgan fingerprint density at radius 3 is 2.43 bits per heavy atom. The molecule has 6 nitrogen and oxygen atoms in total. The van der Waals surface area contributed by atoms with E-state index >= 15 is 0 Å². The number of thiazole rings is 1. The molecule has 3 heterocycles. The van der Waals surface area contributed by atoms with Crippen molar-refractivity contribution in [1.82, 2.24) is 15.2 Å². The minimum absolute atomic E-state index is 0.360. The van der Waals surface area contributed by atoms with E-state index in [1.54, 1.807) is 17.4 Å². The van der Waals surface area contributed by atoms with E-state index in [0.29, 0.717) is 5.56 Å². The second kappa shape index (κ2) is 10.1. The van der Waals surface area contributed by atoms with Crippen molar-refractivity contribution in [2.24, 2.45) is 0 Å². The van der Waals surface area contributed by atoms with Gasteiger partial charge in [0, 0.05) is 44.0 Å². The molecule has 6 rings (SSSR count). The first-order valence-electron chi connectivity index (χ1n) is 12.8. The zero-order chi connectivity index (χ0) is 25.4. The van der Waals surface area contributed by atoms with Crippen LogP contribution in [-0.2, 0) is 0 Å². The lowest BCUT2D eigenvalue weighted by atomic mass is 9.91. The zero-order valence-corrected chi connectivity index (χ0v) is 21.7. The maximum atomic E-state index is 11.9. The van der Waals surface area contributed by atoms with Crippen LogP contribution in [0.2, 0.25) is 0 Å². The van der Waals surface area contributed by atoms with Gasteiger partial charge < -0.3 is 20.2 Å². The van der Waals surface area contributed by atoms with E-state index in [1.165, 1.54) is 10.4 Å². The van der Waals surface area contributed by atoms with E-state index in [0.717, 1.165) is 84.0 Å². The van der Waals surface area contributed by atoms with Gasteiger partial charge >= 0.3 is 5.97 Å². The number of aromatic nitrogens is 1. The van der Waals surface area contributed by atoms with Gasteiger partial charge in [-0.05, 0) is 72.6 Å². The van der Waals surface area contributed by atoms with Gasteiger partial charge in [0.05, 0.1) is 15.8 Å². The van der Waals surface area contributed by atoms with Gasteiger partial charge in [0.15, 0.2) is 0 Å². The summed E-state index contributed by atoms with van der Waals surface area (Å²) >= 11 is 1.73. The molecule has 0 bridgehead atoms. The molecule has 1 fully saturated rings. The highest BCUT2D eigenvalue weighted by atomic mass is 32.1. The number of aromatic carboxylic acids is 1. The third-order valence-corrected chi connectivity index (χ3v) is 8.43. The van der Waals surface area contributed by atoms with Crippen LogP contribution in [0.25, 0.3) is 37.5 Å². The van der Waals surface area contributed by atoms with Crippen LogP contribution in [0.4, 0.5) is 5.69 Å². The third kappa shape index (κ3) is 4.90. The molecule has 1 aromatic heterocycles. The number of carbonyl (C=O) groups is 1. The third-order valence-electron chi connectivity index (χ3n) is 7.37. The summed E-state index contributed by atoms with van der Waals surface area (Å²) in [6.07, 6.45) is 2.93. The lowest BCUT2D eigenvalue weighted by Gasteiger charge is -2.34. The van der Waals surface area contributed by atoms with Crippen molar-refractivity contribution >= 4 is 38.8 Å². The zero-order valence-electron chi connectivity index (χ0n) is 20.9. The second-order valence-corrected chi connectivity index (χ2v) is 10.8. The van der Waals surface area contributed by atoms with E-state index in [2.05, 4.69) is 70.7 Å². The van der Waals surface area contributed by atoms with Crippen LogP contribution in [-0.4, -0.2) is 67.3 Å². The molecule has 3 aromatic carbocycles. The molecule has 0 amide bonds. The van der Waals surface area contributed by atoms with E-state index in [4.69, 9.17) is 4.98 Å². The van der Waals surface area contributed by atoms with Crippen molar-refractivity contribution in [3.63, 3.8) is 0 Å². The van der Waals surface area contributed by atoms with Gasteiger partial charge in [-0.2, -0.15) is 0 Å². The van der Waals surface area contributed by atoms with Gasteiger partial charge in [-0.15, -0.1) is 11.3 Å². The molecule has 0 saturated carbocycles. The van der Waals surface area contributed by atoms with Crippen molar-refractivity contribution in [2.45, 2.75) is 6.42 Å². The normalized spacial score (nSPS) is 16.7. The number of piperazine rings is 1. The number of hydrogen-bond acceptors (Lipinski definition) is 6. The fourth-order valence-electron chi connectivity index (χ4n) is 5.15. The van der Waals surface area contributed by atoms with Crippen molar-refractivity contribution < 1.29 is 9.90 Å². The predicted molar refractivity (Wildman–Crippen MR) is 153 cm³/mol. The fraction of sp³-hybridized carbons (Fsp3) is 0.267. The number of anilines is 1. The lowest BCUT2D eigenvalue weighted by molar-refractivity contribution is 0.0696. The number of nitrogens with one attached hydrogen (secondary N) is 1. The quantitative estimate of drug-likeness (QED) is 0.372. The van der Waals surface area contributed by atoms with Gasteiger partial charge in [-0.1, -0.05) is 36.4 Å². The summed E-state index contributed by atoms with van der Waals surface area (Å²) in [7, 11) is 2.18. The molecular weight excluding hydrogens is 480 g/mol. The Bertz CT molecular complexity index is 1480. The van der Waals surface area contributed by atoms with Crippen LogP contribution in [0.5, 0.6) is 0 Å². The van der Waals surface area contributed by atoms with Crippen LogP contribution in [0.15, 0.2) is 66.7 Å². The summed E-state index contributed by atoms with van der Waals surface area (Å²) in [4.78, 5) is 21.6. The summed E-state index contributed by atoms with van der Waals surface area (Å²) in [5.74, 6) is -0.886. The molecule has 2 aliphatic heterocycles. The number of fused-ring (bicyclic) bond motifs is 1. The SMILES string of the molecule is CN1CCN(c2ccc3nc(-c4ccc(-c5ccc(C(=O)O)c(C6=CCNCC6)c5)cc4)sc3c2)CC1. The summed E-state index contributed by atoms with van der Waals surface area (Å²) in [5, 5.41) is 14.0. The first-order chi connectivity index (χ1) is 18.0. The van der Waals surface area contributed by atoms with Crippen LogP contribution >= 0.6 is 11.3 Å². The molecule has 0 atom stereocenters. The van der Waals surface area contributed by atoms with Crippen molar-refractivity contribution in [3.05, 3.63) is 77.9 Å². The standard InChI is InChI=1S/C30H30N4O2S/c1-33-14-16-34(17-15-33)24-7-9-27-28(19-24)37-29(32-27)22-4-2-20(3-5-22)23-6-8-25(30(35)36)26(18-23)21-10-12-31-13-11-21/h2-10,18-19,31H,11-17H2,1H3,(H,35,36). The second-order valence-electron chi connectivity index (χ2n) is 9.79. The van der Waals surface area contributed by atoms with E-state index in [-0.39, 0.29) is 0 Å². The van der Waals surface area contributed by atoms with Gasteiger partial charge in [0.2, 0.25) is 0 Å². The molecule has 7 heteroatoms. The molecular formula is C30H30N4O2S. The average molecular weight is 511 g/mol. The Morgan fingerprint density at radius 2 is 1.70 bits per heavy atom. The van der Waals surface area contributed by atoms with E-state index < -0.39 is 5.97 Å². The Morgan fingerprint density at radius 1 is 0.946 bits per heavy atom. The molecule has 1 saturated heterocycles. The first kappa shape index (κ1) is 23.9. The number of likely N-dealkylation sites (N-methyl/N-ethyl adjacent to an activating group) is 1. The summed E-state index contributed by atoms with van der Waals surface area (Å²) in [5.41, 5.74) is 7.76. The summed E-state index contributed by atoms with van der Waals surface area (Å²) < 4.78 is 1.21. The number of carboxylic acids is 1. The average Bonchev–Trinajstić information content (AvgIpc) is 3.37. The van der Waals surface area contributed by atoms with Gasteiger partial charge in [0.1, 0.15) is 5.01 Å². The predicted octanol–water partition coefficient (Wildman–Crippen LogP) is 5.46. The molecule has 188 valence electrons. The van der Waals surface area contributed by atoms with Crippen LogP contribution in [0.1, 0.15) is 22.3 Å². The first-order valence-corrected chi connectivity index (χ1v) is 13.6. The van der Waals surface area contributed by atoms with Gasteiger partial charge in [-0.3, -0.25) is 0 Å². The topological polar surface area (TPSA) is 68.7 Å². The van der Waals surface area contributed by atoms with E-state index in [1.807, 2.05) is 12.1 Å². The Kier molecular flexibility index (Phi) is 6.50. The summed E-state index contributed by atoms with van der Waals surface area (Å²) in [6.45, 7) is 5.92. The van der Waals surface area contributed by atoms with Crippen molar-refractivity contribution in [2.75, 3.05) is 51.2 Å². The lowest BCUT2D eigenvalue weighted by Crippen LogP contribution is -2.44. The molecule has 0 aliphatic carbocycles. The fourth-order valence-corrected chi connectivity index (χ4v) is 6.15.